The Morgan fingerprint density at radius 3 is 2.46 bits per heavy atom. The number of allylic oxidation sites excluding steroid dienone is 3. The van der Waals surface area contributed by atoms with Crippen molar-refractivity contribution in [1.29, 1.82) is 0 Å². The predicted molar refractivity (Wildman–Crippen MR) is 93.4 cm³/mol. The molecule has 5 heteroatoms. The molecule has 0 saturated heterocycles. The molecule has 0 aliphatic heterocycles. The summed E-state index contributed by atoms with van der Waals surface area (Å²) in [6.45, 7) is 5.94. The van der Waals surface area contributed by atoms with E-state index in [4.69, 9.17) is 14.6 Å². The van der Waals surface area contributed by atoms with Crippen LogP contribution in [0.1, 0.15) is 18.9 Å². The topological polar surface area (TPSA) is 76.0 Å². The Morgan fingerprint density at radius 1 is 1.25 bits per heavy atom. The molecular formula is C19H24O5. The minimum atomic E-state index is -0.975. The second-order valence-electron chi connectivity index (χ2n) is 5.32. The Kier molecular flexibility index (Phi) is 8.36. The summed E-state index contributed by atoms with van der Waals surface area (Å²) >= 11 is 0. The summed E-state index contributed by atoms with van der Waals surface area (Å²) in [4.78, 5) is 10.9. The Balaban J connectivity index is 2.47. The highest BCUT2D eigenvalue weighted by Crippen LogP contribution is 2.15. The Labute approximate surface area is 142 Å². The van der Waals surface area contributed by atoms with Crippen LogP contribution in [-0.2, 0) is 16.0 Å². The zero-order chi connectivity index (χ0) is 17.9. The van der Waals surface area contributed by atoms with Crippen molar-refractivity contribution < 1.29 is 24.5 Å². The number of benzene rings is 1. The van der Waals surface area contributed by atoms with Gasteiger partial charge < -0.3 is 19.7 Å². The number of aliphatic carboxylic acids is 1. The molecule has 1 unspecified atom stereocenters. The molecule has 0 aromatic heterocycles. The highest BCUT2D eigenvalue weighted by Gasteiger charge is 2.16. The van der Waals surface area contributed by atoms with Crippen molar-refractivity contribution in [2.45, 2.75) is 25.9 Å². The van der Waals surface area contributed by atoms with Crippen molar-refractivity contribution in [3.05, 3.63) is 66.0 Å². The van der Waals surface area contributed by atoms with Crippen LogP contribution in [0.2, 0.25) is 0 Å². The normalized spacial score (nSPS) is 13.4. The monoisotopic (exact) mass is 332 g/mol. The molecule has 24 heavy (non-hydrogen) atoms. The summed E-state index contributed by atoms with van der Waals surface area (Å²) in [6, 6.07) is 7.29. The minimum absolute atomic E-state index is 0.126. The van der Waals surface area contributed by atoms with Crippen molar-refractivity contribution in [1.82, 2.24) is 0 Å². The molecule has 0 aliphatic rings. The van der Waals surface area contributed by atoms with Crippen LogP contribution in [0, 0.1) is 0 Å². The third-order valence-corrected chi connectivity index (χ3v) is 3.42. The summed E-state index contributed by atoms with van der Waals surface area (Å²) in [7, 11) is 1.39. The fourth-order valence-electron chi connectivity index (χ4n) is 1.92. The summed E-state index contributed by atoms with van der Waals surface area (Å²) in [5.41, 5.74) is 1.95. The van der Waals surface area contributed by atoms with Gasteiger partial charge >= 0.3 is 5.97 Å². The molecule has 0 aliphatic carbocycles. The van der Waals surface area contributed by atoms with Crippen LogP contribution in [-0.4, -0.2) is 36.0 Å². The number of hydrogen-bond donors (Lipinski definition) is 2. The summed E-state index contributed by atoms with van der Waals surface area (Å²) in [5, 5.41) is 18.2. The van der Waals surface area contributed by atoms with E-state index < -0.39 is 12.1 Å². The van der Waals surface area contributed by atoms with Gasteiger partial charge in [0.15, 0.2) is 6.10 Å². The molecule has 1 atom stereocenters. The summed E-state index contributed by atoms with van der Waals surface area (Å²) < 4.78 is 10.6. The molecule has 0 radical (unpaired) electrons. The van der Waals surface area contributed by atoms with Crippen LogP contribution >= 0.6 is 0 Å². The number of aliphatic hydroxyl groups is 1. The van der Waals surface area contributed by atoms with Crippen LogP contribution in [0.4, 0.5) is 0 Å². The second-order valence-corrected chi connectivity index (χ2v) is 5.32. The lowest BCUT2D eigenvalue weighted by Crippen LogP contribution is -2.24. The van der Waals surface area contributed by atoms with Gasteiger partial charge in [-0.15, -0.1) is 0 Å². The van der Waals surface area contributed by atoms with E-state index in [0.29, 0.717) is 13.0 Å². The van der Waals surface area contributed by atoms with Crippen molar-refractivity contribution in [2.24, 2.45) is 0 Å². The van der Waals surface area contributed by atoms with Gasteiger partial charge in [0, 0.05) is 20.0 Å². The molecule has 2 N–H and O–H groups in total. The van der Waals surface area contributed by atoms with Gasteiger partial charge in [0.1, 0.15) is 11.5 Å². The fraction of sp³-hybridized carbons (Fsp3) is 0.316. The lowest BCUT2D eigenvalue weighted by atomic mass is 10.1. The fourth-order valence-corrected chi connectivity index (χ4v) is 1.92. The molecule has 0 amide bonds. The van der Waals surface area contributed by atoms with Gasteiger partial charge in [0.25, 0.3) is 0 Å². The van der Waals surface area contributed by atoms with E-state index in [1.54, 1.807) is 6.08 Å². The zero-order valence-corrected chi connectivity index (χ0v) is 14.1. The molecule has 1 aromatic rings. The molecule has 1 aromatic carbocycles. The van der Waals surface area contributed by atoms with Crippen LogP contribution < -0.4 is 4.74 Å². The molecule has 0 spiro atoms. The van der Waals surface area contributed by atoms with E-state index in [0.717, 1.165) is 23.3 Å². The highest BCUT2D eigenvalue weighted by molar-refractivity contribution is 5.72. The highest BCUT2D eigenvalue weighted by atomic mass is 16.5. The van der Waals surface area contributed by atoms with E-state index in [2.05, 4.69) is 6.58 Å². The van der Waals surface area contributed by atoms with Gasteiger partial charge in [-0.2, -0.15) is 0 Å². The first-order valence-corrected chi connectivity index (χ1v) is 7.62. The maximum absolute atomic E-state index is 10.9. The zero-order valence-electron chi connectivity index (χ0n) is 14.1. The van der Waals surface area contributed by atoms with Crippen molar-refractivity contribution >= 4 is 5.97 Å². The first-order chi connectivity index (χ1) is 11.5. The van der Waals surface area contributed by atoms with Crippen molar-refractivity contribution in [2.75, 3.05) is 13.7 Å². The summed E-state index contributed by atoms with van der Waals surface area (Å²) in [5.74, 6) is -0.126. The van der Waals surface area contributed by atoms with E-state index in [9.17, 15) is 9.90 Å². The number of carboxylic acid groups (broad SMARTS) is 1. The number of methoxy groups -OCH3 is 1. The minimum Gasteiger partial charge on any atom is -0.508 e. The number of aliphatic hydroxyl groups excluding tert-OH is 1. The largest absolute Gasteiger partial charge is 0.508 e. The lowest BCUT2D eigenvalue weighted by molar-refractivity contribution is -0.148. The number of rotatable bonds is 10. The van der Waals surface area contributed by atoms with E-state index >= 15 is 0 Å². The molecule has 0 saturated carbocycles. The predicted octanol–water partition coefficient (Wildman–Crippen LogP) is 3.67. The molecule has 0 heterocycles. The first kappa shape index (κ1) is 19.5. The molecule has 0 fully saturated rings. The molecule has 0 bridgehead atoms. The molecule has 1 rings (SSSR count). The van der Waals surface area contributed by atoms with Gasteiger partial charge in [-0.3, -0.25) is 0 Å². The number of carbonyl (C=O) groups is 1. The maximum Gasteiger partial charge on any atom is 0.333 e. The SMILES string of the molecule is C=C/C(O)=C\C=C(/C)CCOc1ccc(CC(OC)C(=O)O)cc1. The van der Waals surface area contributed by atoms with Crippen LogP contribution in [0.25, 0.3) is 0 Å². The Bertz CT molecular complexity index is 599. The molecule has 5 nitrogen and oxygen atoms in total. The maximum atomic E-state index is 10.9. The van der Waals surface area contributed by atoms with Crippen LogP contribution in [0.3, 0.4) is 0 Å². The van der Waals surface area contributed by atoms with E-state index in [1.165, 1.54) is 13.2 Å². The van der Waals surface area contributed by atoms with Crippen LogP contribution in [0.5, 0.6) is 5.75 Å². The van der Waals surface area contributed by atoms with Gasteiger partial charge in [0.05, 0.1) is 6.61 Å². The van der Waals surface area contributed by atoms with Crippen molar-refractivity contribution in [3.63, 3.8) is 0 Å². The average molecular weight is 332 g/mol. The van der Waals surface area contributed by atoms with Gasteiger partial charge in [0.2, 0.25) is 0 Å². The lowest BCUT2D eigenvalue weighted by Gasteiger charge is -2.11. The smallest absolute Gasteiger partial charge is 0.333 e. The molecule has 130 valence electrons. The molecular weight excluding hydrogens is 308 g/mol. The third kappa shape index (κ3) is 7.15. The van der Waals surface area contributed by atoms with E-state index in [1.807, 2.05) is 37.3 Å². The van der Waals surface area contributed by atoms with Crippen LogP contribution in [0.15, 0.2) is 60.4 Å². The number of ether oxygens (including phenoxy) is 2. The number of hydrogen-bond acceptors (Lipinski definition) is 4. The summed E-state index contributed by atoms with van der Waals surface area (Å²) in [6.07, 6.45) is 4.98. The van der Waals surface area contributed by atoms with Gasteiger partial charge in [-0.05, 0) is 36.8 Å². The quantitative estimate of drug-likeness (QED) is 0.505. The van der Waals surface area contributed by atoms with Gasteiger partial charge in [-0.1, -0.05) is 30.4 Å². The Morgan fingerprint density at radius 2 is 1.92 bits per heavy atom. The van der Waals surface area contributed by atoms with E-state index in [-0.39, 0.29) is 5.76 Å². The van der Waals surface area contributed by atoms with Crippen molar-refractivity contribution in [3.8, 4) is 5.75 Å². The Hall–Kier alpha value is -2.53. The van der Waals surface area contributed by atoms with Gasteiger partial charge in [-0.25, -0.2) is 4.79 Å². The average Bonchev–Trinajstić information content (AvgIpc) is 2.58. The number of carboxylic acids is 1. The third-order valence-electron chi connectivity index (χ3n) is 3.42. The standard InChI is InChI=1S/C19H24O5/c1-4-16(20)8-5-14(2)11-12-24-17-9-6-15(7-10-17)13-18(23-3)19(21)22/h4-10,18,20H,1,11-13H2,2-3H3,(H,21,22)/b14-5+,16-8+. The first-order valence-electron chi connectivity index (χ1n) is 7.62. The second kappa shape index (κ2) is 10.3.